The number of nitrogens with zero attached hydrogens (tertiary/aromatic N) is 2. The SMILES string of the molecule is C1CCC2C3[N-]C(NC4NC(NC5[N-]C(NC6NC(N3)C3CCCCC63)C3CCCCC53)C3CCCCC43)C2C1.[Pd+2]. The van der Waals surface area contributed by atoms with E-state index in [1.807, 2.05) is 0 Å². The molecule has 0 spiro atoms. The number of hydrogen-bond acceptors (Lipinski definition) is 6. The Morgan fingerprint density at radius 1 is 0.293 bits per heavy atom. The van der Waals surface area contributed by atoms with Crippen molar-refractivity contribution in [1.82, 2.24) is 31.9 Å². The van der Waals surface area contributed by atoms with Gasteiger partial charge in [0.2, 0.25) is 0 Å². The molecular weight excluding hydrogens is 603 g/mol. The van der Waals surface area contributed by atoms with E-state index in [0.717, 1.165) is 0 Å². The van der Waals surface area contributed by atoms with Crippen molar-refractivity contribution in [3.8, 4) is 0 Å². The van der Waals surface area contributed by atoms with E-state index >= 15 is 0 Å². The molecule has 9 fully saturated rings. The van der Waals surface area contributed by atoms with Gasteiger partial charge in [-0.15, -0.1) is 0 Å². The maximum atomic E-state index is 5.61. The third-order valence-electron chi connectivity index (χ3n) is 13.6. The van der Waals surface area contributed by atoms with Crippen LogP contribution in [-0.4, -0.2) is 49.3 Å². The monoisotopic (exact) mass is 656 g/mol. The van der Waals surface area contributed by atoms with Crippen molar-refractivity contribution in [2.24, 2.45) is 47.3 Å². The van der Waals surface area contributed by atoms with E-state index in [9.17, 15) is 0 Å². The Hall–Kier alpha value is 0.342. The largest absolute Gasteiger partial charge is 2.00 e. The summed E-state index contributed by atoms with van der Waals surface area (Å²) in [6.07, 6.45) is 24.5. The molecule has 41 heavy (non-hydrogen) atoms. The second kappa shape index (κ2) is 11.9. The minimum atomic E-state index is 0. The summed E-state index contributed by atoms with van der Waals surface area (Å²) >= 11 is 0. The molecule has 9 aliphatic rings. The normalized spacial score (nSPS) is 56.2. The molecule has 8 nitrogen and oxygen atoms in total. The van der Waals surface area contributed by atoms with E-state index in [-0.39, 0.29) is 45.1 Å². The van der Waals surface area contributed by atoms with Crippen molar-refractivity contribution in [2.45, 2.75) is 152 Å². The van der Waals surface area contributed by atoms with Gasteiger partial charge in [0, 0.05) is 0 Å². The van der Waals surface area contributed by atoms with Crippen LogP contribution in [0, 0.1) is 47.3 Å². The minimum absolute atomic E-state index is 0. The van der Waals surface area contributed by atoms with Crippen molar-refractivity contribution in [3.05, 3.63) is 10.6 Å². The Balaban J connectivity index is 0.00000256. The van der Waals surface area contributed by atoms with Gasteiger partial charge in [0.05, 0.1) is 24.7 Å². The van der Waals surface area contributed by atoms with Gasteiger partial charge in [-0.1, -0.05) is 102 Å². The predicted molar refractivity (Wildman–Crippen MR) is 158 cm³/mol. The van der Waals surface area contributed by atoms with Crippen LogP contribution >= 0.6 is 0 Å². The molecule has 4 saturated carbocycles. The molecule has 5 heterocycles. The minimum Gasteiger partial charge on any atom is -0.632 e. The zero-order valence-corrected chi connectivity index (χ0v) is 26.3. The van der Waals surface area contributed by atoms with E-state index in [0.29, 0.717) is 72.0 Å². The first kappa shape index (κ1) is 28.8. The van der Waals surface area contributed by atoms with Crippen LogP contribution in [0.5, 0.6) is 0 Å². The van der Waals surface area contributed by atoms with Crippen LogP contribution in [0.15, 0.2) is 0 Å². The fourth-order valence-corrected chi connectivity index (χ4v) is 11.7. The van der Waals surface area contributed by atoms with Gasteiger partial charge in [-0.25, -0.2) is 0 Å². The average molecular weight is 657 g/mol. The maximum absolute atomic E-state index is 5.61. The summed E-state index contributed by atoms with van der Waals surface area (Å²) in [5.74, 6) is 5.59. The summed E-state index contributed by atoms with van der Waals surface area (Å²) in [4.78, 5) is 0. The van der Waals surface area contributed by atoms with Gasteiger partial charge < -0.3 is 31.9 Å². The molecule has 9 heteroatoms. The topological polar surface area (TPSA) is 100 Å². The first-order chi connectivity index (χ1) is 19.8. The Bertz CT molecular complexity index is 716. The third-order valence-corrected chi connectivity index (χ3v) is 13.6. The standard InChI is InChI=1S/C32H54N8.Pd/c1-2-10-18-17(9-1)25-33-26(18)38-28-21-13-5-6-14-22(21)30(35-28)40-32-24-16-8-7-15-23(24)31(36-32)39-29-20-12-4-3-11-19(20)27(34-29)37-25;/h17-33,36-40H,1-16H2;/q-2;+2. The molecule has 8 bridgehead atoms. The number of fused-ring (bicyclic) bond motifs is 20. The molecule has 0 aromatic heterocycles. The van der Waals surface area contributed by atoms with E-state index in [4.69, 9.17) is 10.6 Å². The second-order valence-corrected chi connectivity index (χ2v) is 15.4. The molecular formula is C32H54N8Pd. The molecule has 6 N–H and O–H groups in total. The second-order valence-electron chi connectivity index (χ2n) is 15.4. The zero-order valence-electron chi connectivity index (χ0n) is 24.8. The van der Waals surface area contributed by atoms with Gasteiger partial charge in [0.25, 0.3) is 0 Å². The molecule has 232 valence electrons. The first-order valence-electron chi connectivity index (χ1n) is 17.8. The summed E-state index contributed by atoms with van der Waals surface area (Å²) in [7, 11) is 0. The summed E-state index contributed by atoms with van der Waals surface area (Å²) < 4.78 is 0. The fourth-order valence-electron chi connectivity index (χ4n) is 11.7. The molecule has 0 aromatic carbocycles. The summed E-state index contributed by atoms with van der Waals surface area (Å²) in [6.45, 7) is 0. The molecule has 0 amide bonds. The van der Waals surface area contributed by atoms with E-state index in [2.05, 4.69) is 31.9 Å². The Morgan fingerprint density at radius 2 is 0.512 bits per heavy atom. The molecule has 16 unspecified atom stereocenters. The smallest absolute Gasteiger partial charge is 0.632 e. The van der Waals surface area contributed by atoms with Crippen LogP contribution in [0.3, 0.4) is 0 Å². The summed E-state index contributed by atoms with van der Waals surface area (Å²) in [5.41, 5.74) is 0. The molecule has 0 aromatic rings. The van der Waals surface area contributed by atoms with Gasteiger partial charge >= 0.3 is 20.4 Å². The third kappa shape index (κ3) is 5.05. The van der Waals surface area contributed by atoms with Crippen molar-refractivity contribution < 1.29 is 20.4 Å². The number of nitrogens with one attached hydrogen (secondary N) is 6. The predicted octanol–water partition coefficient (Wildman–Crippen LogP) is 4.17. The van der Waals surface area contributed by atoms with Gasteiger partial charge in [-0.3, -0.25) is 10.6 Å². The maximum Gasteiger partial charge on any atom is 2.00 e. The molecule has 4 aliphatic carbocycles. The number of hydrogen-bond donors (Lipinski definition) is 6. The molecule has 0 radical (unpaired) electrons. The van der Waals surface area contributed by atoms with Gasteiger partial charge in [-0.2, -0.15) is 0 Å². The average Bonchev–Trinajstić information content (AvgIpc) is 3.73. The van der Waals surface area contributed by atoms with Gasteiger partial charge in [-0.05, 0) is 73.0 Å². The fraction of sp³-hybridized carbons (Fsp3) is 1.00. The molecule has 16 atom stereocenters. The van der Waals surface area contributed by atoms with E-state index in [1.165, 1.54) is 103 Å². The quantitative estimate of drug-likeness (QED) is 0.219. The summed E-state index contributed by atoms with van der Waals surface area (Å²) in [5, 5.41) is 36.3. The van der Waals surface area contributed by atoms with Crippen molar-refractivity contribution in [1.29, 1.82) is 0 Å². The molecule has 5 aliphatic heterocycles. The van der Waals surface area contributed by atoms with Crippen molar-refractivity contribution >= 4 is 0 Å². The van der Waals surface area contributed by atoms with Gasteiger partial charge in [0.15, 0.2) is 0 Å². The van der Waals surface area contributed by atoms with E-state index < -0.39 is 0 Å². The molecule has 5 saturated heterocycles. The van der Waals surface area contributed by atoms with Crippen LogP contribution in [0.1, 0.15) is 103 Å². The van der Waals surface area contributed by atoms with Crippen LogP contribution < -0.4 is 31.9 Å². The van der Waals surface area contributed by atoms with Crippen molar-refractivity contribution in [3.63, 3.8) is 0 Å². The van der Waals surface area contributed by atoms with Crippen molar-refractivity contribution in [2.75, 3.05) is 0 Å². The Kier molecular flexibility index (Phi) is 8.38. The Labute approximate surface area is 261 Å². The van der Waals surface area contributed by atoms with Crippen LogP contribution in [-0.2, 0) is 20.4 Å². The number of rotatable bonds is 0. The van der Waals surface area contributed by atoms with Crippen LogP contribution in [0.2, 0.25) is 0 Å². The van der Waals surface area contributed by atoms with Gasteiger partial charge in [0.1, 0.15) is 0 Å². The van der Waals surface area contributed by atoms with Crippen LogP contribution in [0.25, 0.3) is 10.6 Å². The Morgan fingerprint density at radius 3 is 0.756 bits per heavy atom. The first-order valence-corrected chi connectivity index (χ1v) is 17.8. The summed E-state index contributed by atoms with van der Waals surface area (Å²) in [6, 6.07) is 0. The molecule has 9 rings (SSSR count). The zero-order chi connectivity index (χ0) is 26.2. The van der Waals surface area contributed by atoms with E-state index in [1.54, 1.807) is 0 Å². The van der Waals surface area contributed by atoms with Crippen LogP contribution in [0.4, 0.5) is 0 Å².